The van der Waals surface area contributed by atoms with Crippen LogP contribution in [0.3, 0.4) is 0 Å². The zero-order valence-corrected chi connectivity index (χ0v) is 14.1. The van der Waals surface area contributed by atoms with E-state index in [4.69, 9.17) is 16.3 Å². The van der Waals surface area contributed by atoms with Crippen LogP contribution in [0, 0.1) is 3.57 Å². The van der Waals surface area contributed by atoms with Gasteiger partial charge in [-0.15, -0.1) is 0 Å². The maximum Gasteiger partial charge on any atom is 0.133 e. The molecule has 0 bridgehead atoms. The molecule has 20 heavy (non-hydrogen) atoms. The van der Waals surface area contributed by atoms with E-state index in [0.717, 1.165) is 33.8 Å². The number of hydrogen-bond donors (Lipinski definition) is 1. The summed E-state index contributed by atoms with van der Waals surface area (Å²) in [5.74, 6) is 1.68. The average molecular weight is 403 g/mol. The molecule has 1 aromatic heterocycles. The number of ether oxygens (including phenoxy) is 1. The predicted octanol–water partition coefficient (Wildman–Crippen LogP) is 4.74. The van der Waals surface area contributed by atoms with E-state index in [-0.39, 0.29) is 0 Å². The van der Waals surface area contributed by atoms with Gasteiger partial charge in [-0.2, -0.15) is 0 Å². The summed E-state index contributed by atoms with van der Waals surface area (Å²) in [6.45, 7) is 3.37. The summed E-state index contributed by atoms with van der Waals surface area (Å²) < 4.78 is 6.85. The molecule has 0 aliphatic carbocycles. The number of benzene rings is 1. The number of rotatable bonds is 6. The minimum atomic E-state index is 0.362. The quantitative estimate of drug-likeness (QED) is 0.709. The molecule has 0 atom stereocenters. The monoisotopic (exact) mass is 402 g/mol. The summed E-state index contributed by atoms with van der Waals surface area (Å²) in [7, 11) is 0. The number of nitrogens with one attached hydrogen (secondary N) is 1. The first-order valence-electron chi connectivity index (χ1n) is 6.47. The Morgan fingerprint density at radius 3 is 2.80 bits per heavy atom. The summed E-state index contributed by atoms with van der Waals surface area (Å²) in [5.41, 5.74) is 0.743. The third-order valence-electron chi connectivity index (χ3n) is 2.68. The summed E-state index contributed by atoms with van der Waals surface area (Å²) in [4.78, 5) is 4.48. The maximum atomic E-state index is 6.16. The molecule has 106 valence electrons. The summed E-state index contributed by atoms with van der Waals surface area (Å²) in [5, 5.41) is 3.87. The lowest BCUT2D eigenvalue weighted by Gasteiger charge is -2.10. The van der Waals surface area contributed by atoms with Gasteiger partial charge in [-0.05, 0) is 53.3 Å². The van der Waals surface area contributed by atoms with Gasteiger partial charge in [0.25, 0.3) is 0 Å². The van der Waals surface area contributed by atoms with E-state index in [9.17, 15) is 0 Å². The molecule has 0 fully saturated rings. The highest BCUT2D eigenvalue weighted by molar-refractivity contribution is 14.1. The molecule has 1 aromatic carbocycles. The van der Waals surface area contributed by atoms with Crippen molar-refractivity contribution in [3.05, 3.63) is 50.7 Å². The van der Waals surface area contributed by atoms with E-state index >= 15 is 0 Å². The summed E-state index contributed by atoms with van der Waals surface area (Å²) >= 11 is 8.41. The number of anilines is 1. The van der Waals surface area contributed by atoms with Crippen molar-refractivity contribution in [3.8, 4) is 5.75 Å². The largest absolute Gasteiger partial charge is 0.486 e. The molecule has 0 unspecified atom stereocenters. The van der Waals surface area contributed by atoms with Crippen LogP contribution < -0.4 is 10.1 Å². The Kier molecular flexibility index (Phi) is 5.91. The Morgan fingerprint density at radius 2 is 2.05 bits per heavy atom. The van der Waals surface area contributed by atoms with Gasteiger partial charge in [-0.1, -0.05) is 30.7 Å². The second-order valence-electron chi connectivity index (χ2n) is 4.27. The number of pyridine rings is 1. The second-order valence-corrected chi connectivity index (χ2v) is 5.84. The Morgan fingerprint density at radius 1 is 1.25 bits per heavy atom. The van der Waals surface area contributed by atoms with E-state index < -0.39 is 0 Å². The molecule has 0 spiro atoms. The molecule has 5 heteroatoms. The van der Waals surface area contributed by atoms with Crippen LogP contribution in [0.4, 0.5) is 5.82 Å². The molecule has 0 saturated heterocycles. The Balaban J connectivity index is 2.07. The van der Waals surface area contributed by atoms with E-state index in [0.29, 0.717) is 11.6 Å². The topological polar surface area (TPSA) is 34.1 Å². The third-order valence-corrected chi connectivity index (χ3v) is 3.91. The minimum absolute atomic E-state index is 0.362. The summed E-state index contributed by atoms with van der Waals surface area (Å²) in [6, 6.07) is 11.6. The first-order chi connectivity index (χ1) is 9.70. The molecule has 3 nitrogen and oxygen atoms in total. The molecular weight excluding hydrogens is 387 g/mol. The van der Waals surface area contributed by atoms with Crippen LogP contribution in [0.15, 0.2) is 36.4 Å². The van der Waals surface area contributed by atoms with Gasteiger partial charge in [0.15, 0.2) is 0 Å². The van der Waals surface area contributed by atoms with E-state index in [1.165, 1.54) is 0 Å². The molecule has 2 rings (SSSR count). The van der Waals surface area contributed by atoms with Gasteiger partial charge in [-0.3, -0.25) is 0 Å². The molecule has 2 aromatic rings. The average Bonchev–Trinajstić information content (AvgIpc) is 2.46. The van der Waals surface area contributed by atoms with Crippen molar-refractivity contribution in [1.29, 1.82) is 0 Å². The van der Waals surface area contributed by atoms with Crippen molar-refractivity contribution in [3.63, 3.8) is 0 Å². The van der Waals surface area contributed by atoms with Gasteiger partial charge in [-0.25, -0.2) is 4.98 Å². The van der Waals surface area contributed by atoms with Crippen LogP contribution in [0.25, 0.3) is 0 Å². The van der Waals surface area contributed by atoms with E-state index in [1.54, 1.807) is 0 Å². The number of halogens is 2. The first kappa shape index (κ1) is 15.4. The highest BCUT2D eigenvalue weighted by atomic mass is 127. The van der Waals surface area contributed by atoms with Gasteiger partial charge in [0.2, 0.25) is 0 Å². The fourth-order valence-corrected chi connectivity index (χ4v) is 2.35. The first-order valence-corrected chi connectivity index (χ1v) is 7.93. The number of hydrogen-bond acceptors (Lipinski definition) is 3. The SMILES string of the molecule is CCCNc1ccc(Cl)c(COc2ccccc2I)n1. The maximum absolute atomic E-state index is 6.16. The normalized spacial score (nSPS) is 10.3. The highest BCUT2D eigenvalue weighted by Gasteiger charge is 2.06. The fourth-order valence-electron chi connectivity index (χ4n) is 1.65. The Hall–Kier alpha value is -1.01. The van der Waals surface area contributed by atoms with Crippen LogP contribution in [0.5, 0.6) is 5.75 Å². The molecule has 0 amide bonds. The standard InChI is InChI=1S/C15H16ClIN2O/c1-2-9-18-15-8-7-11(16)13(19-15)10-20-14-6-4-3-5-12(14)17/h3-8H,2,9-10H2,1H3,(H,18,19). The van der Waals surface area contributed by atoms with Crippen molar-refractivity contribution in [2.24, 2.45) is 0 Å². The number of aromatic nitrogens is 1. The van der Waals surface area contributed by atoms with E-state index in [1.807, 2.05) is 36.4 Å². The van der Waals surface area contributed by atoms with Crippen LogP contribution in [-0.2, 0) is 6.61 Å². The molecule has 1 N–H and O–H groups in total. The van der Waals surface area contributed by atoms with Gasteiger partial charge < -0.3 is 10.1 Å². The van der Waals surface area contributed by atoms with Crippen LogP contribution in [-0.4, -0.2) is 11.5 Å². The number of para-hydroxylation sites is 1. The molecule has 0 aliphatic heterocycles. The van der Waals surface area contributed by atoms with Crippen LogP contribution in [0.2, 0.25) is 5.02 Å². The van der Waals surface area contributed by atoms with Crippen molar-refractivity contribution >= 4 is 40.0 Å². The minimum Gasteiger partial charge on any atom is -0.486 e. The van der Waals surface area contributed by atoms with Crippen LogP contribution >= 0.6 is 34.2 Å². The smallest absolute Gasteiger partial charge is 0.133 e. The van der Waals surface area contributed by atoms with Crippen LogP contribution in [0.1, 0.15) is 19.0 Å². The lowest BCUT2D eigenvalue weighted by molar-refractivity contribution is 0.299. The highest BCUT2D eigenvalue weighted by Crippen LogP contribution is 2.23. The van der Waals surface area contributed by atoms with Crippen molar-refractivity contribution < 1.29 is 4.74 Å². The lowest BCUT2D eigenvalue weighted by Crippen LogP contribution is -2.06. The zero-order chi connectivity index (χ0) is 14.4. The van der Waals surface area contributed by atoms with Gasteiger partial charge >= 0.3 is 0 Å². The van der Waals surface area contributed by atoms with Gasteiger partial charge in [0.1, 0.15) is 18.2 Å². The molecule has 0 aliphatic rings. The fraction of sp³-hybridized carbons (Fsp3) is 0.267. The molecule has 0 saturated carbocycles. The summed E-state index contributed by atoms with van der Waals surface area (Å²) in [6.07, 6.45) is 1.05. The van der Waals surface area contributed by atoms with Crippen molar-refractivity contribution in [2.75, 3.05) is 11.9 Å². The van der Waals surface area contributed by atoms with E-state index in [2.05, 4.69) is 39.8 Å². The Labute approximate surface area is 137 Å². The Bertz CT molecular complexity index is 578. The second kappa shape index (κ2) is 7.69. The van der Waals surface area contributed by atoms with Crippen molar-refractivity contribution in [1.82, 2.24) is 4.98 Å². The predicted molar refractivity (Wildman–Crippen MR) is 91.5 cm³/mol. The molecular formula is C15H16ClIN2O. The molecule has 0 radical (unpaired) electrons. The van der Waals surface area contributed by atoms with Gasteiger partial charge in [0.05, 0.1) is 14.3 Å². The molecule has 1 heterocycles. The van der Waals surface area contributed by atoms with Gasteiger partial charge in [0, 0.05) is 6.54 Å². The zero-order valence-electron chi connectivity index (χ0n) is 11.2. The lowest BCUT2D eigenvalue weighted by atomic mass is 10.3. The number of nitrogens with zero attached hydrogens (tertiary/aromatic N) is 1. The van der Waals surface area contributed by atoms with Crippen molar-refractivity contribution in [2.45, 2.75) is 20.0 Å². The third kappa shape index (κ3) is 4.24.